The Morgan fingerprint density at radius 3 is 1.50 bits per heavy atom. The molecule has 1 rings (SSSR count). The van der Waals surface area contributed by atoms with Gasteiger partial charge in [0.15, 0.2) is 0 Å². The van der Waals surface area contributed by atoms with E-state index in [2.05, 4.69) is 6.92 Å². The van der Waals surface area contributed by atoms with Crippen LogP contribution in [0.25, 0.3) is 0 Å². The molecule has 1 aromatic carbocycles. The summed E-state index contributed by atoms with van der Waals surface area (Å²) >= 11 is 0. The Balaban J connectivity index is 2.07. The van der Waals surface area contributed by atoms with E-state index in [9.17, 15) is 9.59 Å². The Morgan fingerprint density at radius 1 is 0.656 bits per heavy atom. The topological polar surface area (TPSA) is 52.6 Å². The van der Waals surface area contributed by atoms with Crippen LogP contribution >= 0.6 is 0 Å². The van der Waals surface area contributed by atoms with Crippen molar-refractivity contribution in [2.24, 2.45) is 5.92 Å². The minimum atomic E-state index is -0.363. The monoisotopic (exact) mass is 446 g/mol. The first-order valence-electron chi connectivity index (χ1n) is 12.9. The zero-order valence-corrected chi connectivity index (χ0v) is 21.0. The fraction of sp³-hybridized carbons (Fsp3) is 0.714. The van der Waals surface area contributed by atoms with Gasteiger partial charge in [0.1, 0.15) is 6.10 Å². The molecule has 0 amide bonds. The lowest BCUT2D eigenvalue weighted by Gasteiger charge is -2.16. The number of hydrogen-bond acceptors (Lipinski definition) is 4. The van der Waals surface area contributed by atoms with Gasteiger partial charge < -0.3 is 9.47 Å². The molecule has 0 saturated carbocycles. The van der Waals surface area contributed by atoms with E-state index in [1.165, 1.54) is 70.6 Å². The summed E-state index contributed by atoms with van der Waals surface area (Å²) in [5, 5.41) is 0. The molecule has 0 aliphatic rings. The SMILES string of the molecule is CCCCCCCCCCCCCCCOC(=O)c1ccc(C(=O)OC(C)C(C)C)cc1. The molecule has 182 valence electrons. The second-order valence-electron chi connectivity index (χ2n) is 9.31. The van der Waals surface area contributed by atoms with E-state index in [4.69, 9.17) is 9.47 Å². The molecule has 0 heterocycles. The summed E-state index contributed by atoms with van der Waals surface area (Å²) in [5.41, 5.74) is 0.915. The summed E-state index contributed by atoms with van der Waals surface area (Å²) in [7, 11) is 0. The van der Waals surface area contributed by atoms with Gasteiger partial charge in [-0.3, -0.25) is 0 Å². The lowest BCUT2D eigenvalue weighted by atomic mass is 10.0. The van der Waals surface area contributed by atoms with Gasteiger partial charge in [-0.25, -0.2) is 9.59 Å². The van der Waals surface area contributed by atoms with Crippen LogP contribution in [-0.2, 0) is 9.47 Å². The zero-order valence-electron chi connectivity index (χ0n) is 21.0. The highest BCUT2D eigenvalue weighted by atomic mass is 16.5. The van der Waals surface area contributed by atoms with Crippen molar-refractivity contribution in [3.8, 4) is 0 Å². The van der Waals surface area contributed by atoms with Crippen LogP contribution < -0.4 is 0 Å². The summed E-state index contributed by atoms with van der Waals surface area (Å²) in [5.74, 6) is -0.434. The molecule has 0 fully saturated rings. The molecule has 0 saturated heterocycles. The van der Waals surface area contributed by atoms with Gasteiger partial charge in [0.25, 0.3) is 0 Å². The smallest absolute Gasteiger partial charge is 0.338 e. The molecule has 1 unspecified atom stereocenters. The predicted octanol–water partition coefficient (Wildman–Crippen LogP) is 8.14. The minimum absolute atomic E-state index is 0.146. The molecule has 0 aliphatic carbocycles. The van der Waals surface area contributed by atoms with Crippen LogP contribution in [0.2, 0.25) is 0 Å². The van der Waals surface area contributed by atoms with E-state index in [0.717, 1.165) is 12.8 Å². The van der Waals surface area contributed by atoms with Crippen molar-refractivity contribution in [1.29, 1.82) is 0 Å². The summed E-state index contributed by atoms with van der Waals surface area (Å²) in [4.78, 5) is 24.3. The Kier molecular flexibility index (Phi) is 15.6. The second kappa shape index (κ2) is 17.7. The van der Waals surface area contributed by atoms with Crippen molar-refractivity contribution in [1.82, 2.24) is 0 Å². The Bertz CT molecular complexity index is 621. The molecule has 32 heavy (non-hydrogen) atoms. The van der Waals surface area contributed by atoms with Crippen LogP contribution in [0.15, 0.2) is 24.3 Å². The van der Waals surface area contributed by atoms with E-state index in [1.807, 2.05) is 20.8 Å². The standard InChI is InChI=1S/C28H46O4/c1-5-6-7-8-9-10-11-12-13-14-15-16-17-22-31-27(29)25-18-20-26(21-19-25)28(30)32-24(4)23(2)3/h18-21,23-24H,5-17,22H2,1-4H3. The summed E-state index contributed by atoms with van der Waals surface area (Å²) < 4.78 is 10.8. The third-order valence-electron chi connectivity index (χ3n) is 6.07. The van der Waals surface area contributed by atoms with Crippen molar-refractivity contribution in [3.05, 3.63) is 35.4 Å². The number of ether oxygens (including phenoxy) is 2. The first kappa shape index (κ1) is 28.2. The Morgan fingerprint density at radius 2 is 1.06 bits per heavy atom. The number of rotatable bonds is 18. The summed E-state index contributed by atoms with van der Waals surface area (Å²) in [6.07, 6.45) is 16.7. The van der Waals surface area contributed by atoms with Crippen molar-refractivity contribution in [2.75, 3.05) is 6.61 Å². The molecule has 0 bridgehead atoms. The molecule has 0 spiro atoms. The summed E-state index contributed by atoms with van der Waals surface area (Å²) in [6, 6.07) is 6.50. The largest absolute Gasteiger partial charge is 0.462 e. The van der Waals surface area contributed by atoms with Gasteiger partial charge in [-0.2, -0.15) is 0 Å². The minimum Gasteiger partial charge on any atom is -0.462 e. The first-order chi connectivity index (χ1) is 15.5. The molecule has 1 aromatic rings. The van der Waals surface area contributed by atoms with Crippen LogP contribution in [0, 0.1) is 5.92 Å². The molecule has 4 nitrogen and oxygen atoms in total. The lowest BCUT2D eigenvalue weighted by molar-refractivity contribution is 0.0237. The third-order valence-corrected chi connectivity index (χ3v) is 6.07. The van der Waals surface area contributed by atoms with E-state index in [-0.39, 0.29) is 24.0 Å². The maximum Gasteiger partial charge on any atom is 0.338 e. The highest BCUT2D eigenvalue weighted by molar-refractivity contribution is 5.93. The van der Waals surface area contributed by atoms with E-state index < -0.39 is 0 Å². The molecular weight excluding hydrogens is 400 g/mol. The van der Waals surface area contributed by atoms with Crippen molar-refractivity contribution in [2.45, 2.75) is 117 Å². The number of carbonyl (C=O) groups is 2. The van der Waals surface area contributed by atoms with Gasteiger partial charge in [0.2, 0.25) is 0 Å². The molecule has 0 aromatic heterocycles. The van der Waals surface area contributed by atoms with Gasteiger partial charge in [-0.15, -0.1) is 0 Å². The van der Waals surface area contributed by atoms with E-state index in [0.29, 0.717) is 17.7 Å². The van der Waals surface area contributed by atoms with E-state index in [1.54, 1.807) is 24.3 Å². The quantitative estimate of drug-likeness (QED) is 0.169. The number of benzene rings is 1. The summed E-state index contributed by atoms with van der Waals surface area (Å²) in [6.45, 7) is 8.61. The fourth-order valence-corrected chi connectivity index (χ4v) is 3.48. The number of unbranched alkanes of at least 4 members (excludes halogenated alkanes) is 12. The Labute approximate surface area is 196 Å². The van der Waals surface area contributed by atoms with Gasteiger partial charge >= 0.3 is 11.9 Å². The number of hydrogen-bond donors (Lipinski definition) is 0. The fourth-order valence-electron chi connectivity index (χ4n) is 3.48. The van der Waals surface area contributed by atoms with Gasteiger partial charge in [-0.1, -0.05) is 97.8 Å². The molecule has 0 radical (unpaired) electrons. The van der Waals surface area contributed by atoms with Crippen molar-refractivity contribution >= 4 is 11.9 Å². The first-order valence-corrected chi connectivity index (χ1v) is 12.9. The highest BCUT2D eigenvalue weighted by Crippen LogP contribution is 2.14. The normalized spacial score (nSPS) is 12.0. The highest BCUT2D eigenvalue weighted by Gasteiger charge is 2.15. The zero-order chi connectivity index (χ0) is 23.6. The van der Waals surface area contributed by atoms with Crippen molar-refractivity contribution < 1.29 is 19.1 Å². The van der Waals surface area contributed by atoms with Crippen LogP contribution in [-0.4, -0.2) is 24.6 Å². The molecule has 0 aliphatic heterocycles. The van der Waals surface area contributed by atoms with Crippen LogP contribution in [0.4, 0.5) is 0 Å². The van der Waals surface area contributed by atoms with E-state index >= 15 is 0 Å². The molecule has 1 atom stereocenters. The average Bonchev–Trinajstić information content (AvgIpc) is 2.79. The predicted molar refractivity (Wildman–Crippen MR) is 132 cm³/mol. The molecule has 4 heteroatoms. The lowest BCUT2D eigenvalue weighted by Crippen LogP contribution is -2.20. The third kappa shape index (κ3) is 12.9. The van der Waals surface area contributed by atoms with Crippen LogP contribution in [0.1, 0.15) is 132 Å². The maximum atomic E-state index is 12.2. The van der Waals surface area contributed by atoms with Crippen molar-refractivity contribution in [3.63, 3.8) is 0 Å². The van der Waals surface area contributed by atoms with Gasteiger partial charge in [-0.05, 0) is 43.5 Å². The number of esters is 2. The van der Waals surface area contributed by atoms with Gasteiger partial charge in [0, 0.05) is 0 Å². The molecular formula is C28H46O4. The van der Waals surface area contributed by atoms with Crippen LogP contribution in [0.3, 0.4) is 0 Å². The second-order valence-corrected chi connectivity index (χ2v) is 9.31. The maximum absolute atomic E-state index is 12.2. The van der Waals surface area contributed by atoms with Gasteiger partial charge in [0.05, 0.1) is 17.7 Å². The Hall–Kier alpha value is -1.84. The molecule has 0 N–H and O–H groups in total. The number of carbonyl (C=O) groups excluding carboxylic acids is 2. The average molecular weight is 447 g/mol. The van der Waals surface area contributed by atoms with Crippen LogP contribution in [0.5, 0.6) is 0 Å².